The minimum absolute atomic E-state index is 0.500. The SMILES string of the molecule is Cc1nc2cc(OCc3ccc(Cl)cc3)ccc2o1. The smallest absolute Gasteiger partial charge is 0.192 e. The highest BCUT2D eigenvalue weighted by Gasteiger charge is 2.04. The maximum absolute atomic E-state index is 5.84. The lowest BCUT2D eigenvalue weighted by molar-refractivity contribution is 0.306. The van der Waals surface area contributed by atoms with Gasteiger partial charge in [0.05, 0.1) is 0 Å². The van der Waals surface area contributed by atoms with Crippen LogP contribution in [-0.4, -0.2) is 4.98 Å². The summed E-state index contributed by atoms with van der Waals surface area (Å²) in [6, 6.07) is 13.2. The normalized spacial score (nSPS) is 10.8. The van der Waals surface area contributed by atoms with E-state index in [1.165, 1.54) is 0 Å². The second-order valence-electron chi connectivity index (χ2n) is 4.28. The van der Waals surface area contributed by atoms with Gasteiger partial charge in [-0.25, -0.2) is 4.98 Å². The van der Waals surface area contributed by atoms with Gasteiger partial charge in [-0.1, -0.05) is 23.7 Å². The predicted octanol–water partition coefficient (Wildman–Crippen LogP) is 4.37. The molecule has 0 radical (unpaired) electrons. The van der Waals surface area contributed by atoms with E-state index in [2.05, 4.69) is 4.98 Å². The first kappa shape index (κ1) is 12.1. The second-order valence-corrected chi connectivity index (χ2v) is 4.71. The van der Waals surface area contributed by atoms with E-state index in [1.807, 2.05) is 49.4 Å². The highest BCUT2D eigenvalue weighted by molar-refractivity contribution is 6.30. The molecule has 3 nitrogen and oxygen atoms in total. The number of oxazole rings is 1. The number of aromatic nitrogens is 1. The van der Waals surface area contributed by atoms with Gasteiger partial charge in [0.2, 0.25) is 0 Å². The van der Waals surface area contributed by atoms with Gasteiger partial charge >= 0.3 is 0 Å². The van der Waals surface area contributed by atoms with Gasteiger partial charge in [-0.3, -0.25) is 0 Å². The van der Waals surface area contributed by atoms with Gasteiger partial charge in [0.15, 0.2) is 11.5 Å². The third-order valence-corrected chi connectivity index (χ3v) is 3.04. The van der Waals surface area contributed by atoms with E-state index in [0.29, 0.717) is 12.5 Å². The van der Waals surface area contributed by atoms with Crippen LogP contribution in [0.4, 0.5) is 0 Å². The summed E-state index contributed by atoms with van der Waals surface area (Å²) in [5.41, 5.74) is 2.66. The molecule has 4 heteroatoms. The van der Waals surface area contributed by atoms with E-state index < -0.39 is 0 Å². The fourth-order valence-electron chi connectivity index (χ4n) is 1.86. The Morgan fingerprint density at radius 1 is 1.16 bits per heavy atom. The molecular weight excluding hydrogens is 262 g/mol. The Morgan fingerprint density at radius 2 is 1.95 bits per heavy atom. The second kappa shape index (κ2) is 4.94. The lowest BCUT2D eigenvalue weighted by atomic mass is 10.2. The van der Waals surface area contributed by atoms with Crippen molar-refractivity contribution in [1.82, 2.24) is 4.98 Å². The Morgan fingerprint density at radius 3 is 2.74 bits per heavy atom. The van der Waals surface area contributed by atoms with Crippen molar-refractivity contribution in [3.63, 3.8) is 0 Å². The van der Waals surface area contributed by atoms with Crippen LogP contribution >= 0.6 is 11.6 Å². The molecule has 0 saturated heterocycles. The Balaban J connectivity index is 1.75. The number of halogens is 1. The first-order chi connectivity index (χ1) is 9.20. The van der Waals surface area contributed by atoms with Crippen LogP contribution in [0.2, 0.25) is 5.02 Å². The summed E-state index contributed by atoms with van der Waals surface area (Å²) in [7, 11) is 0. The highest BCUT2D eigenvalue weighted by atomic mass is 35.5. The summed E-state index contributed by atoms with van der Waals surface area (Å²) >= 11 is 5.84. The Labute approximate surface area is 115 Å². The predicted molar refractivity (Wildman–Crippen MR) is 74.5 cm³/mol. The zero-order valence-electron chi connectivity index (χ0n) is 10.4. The van der Waals surface area contributed by atoms with E-state index in [-0.39, 0.29) is 0 Å². The van der Waals surface area contributed by atoms with Gasteiger partial charge in [0.25, 0.3) is 0 Å². The van der Waals surface area contributed by atoms with Gasteiger partial charge in [-0.05, 0) is 29.8 Å². The molecule has 0 bridgehead atoms. The summed E-state index contributed by atoms with van der Waals surface area (Å²) in [4.78, 5) is 4.28. The Bertz CT molecular complexity index is 704. The molecule has 3 rings (SSSR count). The number of rotatable bonds is 3. The molecule has 3 aromatic rings. The Kier molecular flexibility index (Phi) is 3.13. The van der Waals surface area contributed by atoms with Crippen molar-refractivity contribution in [3.05, 3.63) is 58.9 Å². The van der Waals surface area contributed by atoms with Gasteiger partial charge < -0.3 is 9.15 Å². The highest BCUT2D eigenvalue weighted by Crippen LogP contribution is 2.22. The maximum atomic E-state index is 5.84. The van der Waals surface area contributed by atoms with Gasteiger partial charge in [0, 0.05) is 18.0 Å². The first-order valence-electron chi connectivity index (χ1n) is 5.95. The van der Waals surface area contributed by atoms with Crippen LogP contribution in [0.5, 0.6) is 5.75 Å². The number of nitrogens with zero attached hydrogens (tertiary/aromatic N) is 1. The van der Waals surface area contributed by atoms with E-state index in [1.54, 1.807) is 0 Å². The van der Waals surface area contributed by atoms with Gasteiger partial charge in [-0.2, -0.15) is 0 Å². The fourth-order valence-corrected chi connectivity index (χ4v) is 1.99. The minimum atomic E-state index is 0.500. The number of hydrogen-bond donors (Lipinski definition) is 0. The number of hydrogen-bond acceptors (Lipinski definition) is 3. The van der Waals surface area contributed by atoms with Crippen LogP contribution in [0, 0.1) is 6.92 Å². The third kappa shape index (κ3) is 2.71. The Hall–Kier alpha value is -2.00. The van der Waals surface area contributed by atoms with E-state index >= 15 is 0 Å². The fraction of sp³-hybridized carbons (Fsp3) is 0.133. The van der Waals surface area contributed by atoms with E-state index in [0.717, 1.165) is 27.4 Å². The number of benzene rings is 2. The summed E-state index contributed by atoms with van der Waals surface area (Å²) < 4.78 is 11.1. The molecule has 1 aromatic heterocycles. The molecule has 19 heavy (non-hydrogen) atoms. The quantitative estimate of drug-likeness (QED) is 0.711. The van der Waals surface area contributed by atoms with Crippen molar-refractivity contribution < 1.29 is 9.15 Å². The minimum Gasteiger partial charge on any atom is -0.489 e. The standard InChI is InChI=1S/C15H12ClNO2/c1-10-17-14-8-13(6-7-15(14)19-10)18-9-11-2-4-12(16)5-3-11/h2-8H,9H2,1H3. The van der Waals surface area contributed by atoms with Crippen LogP contribution in [0.3, 0.4) is 0 Å². The van der Waals surface area contributed by atoms with Crippen molar-refractivity contribution in [3.8, 4) is 5.75 Å². The maximum Gasteiger partial charge on any atom is 0.192 e. The molecule has 0 N–H and O–H groups in total. The van der Waals surface area contributed by atoms with Crippen LogP contribution in [-0.2, 0) is 6.61 Å². The molecule has 2 aromatic carbocycles. The topological polar surface area (TPSA) is 35.3 Å². The van der Waals surface area contributed by atoms with Crippen molar-refractivity contribution >= 4 is 22.7 Å². The molecule has 0 aliphatic rings. The van der Waals surface area contributed by atoms with Crippen molar-refractivity contribution in [2.45, 2.75) is 13.5 Å². The molecule has 0 unspecified atom stereocenters. The summed E-state index contributed by atoms with van der Waals surface area (Å²) in [5.74, 6) is 1.43. The lowest BCUT2D eigenvalue weighted by Crippen LogP contribution is -1.94. The van der Waals surface area contributed by atoms with Crippen LogP contribution in [0.1, 0.15) is 11.5 Å². The number of fused-ring (bicyclic) bond motifs is 1. The molecule has 0 amide bonds. The zero-order valence-corrected chi connectivity index (χ0v) is 11.1. The van der Waals surface area contributed by atoms with Gasteiger partial charge in [0.1, 0.15) is 17.9 Å². The summed E-state index contributed by atoms with van der Waals surface area (Å²) in [6.07, 6.45) is 0. The van der Waals surface area contributed by atoms with Crippen LogP contribution in [0.25, 0.3) is 11.1 Å². The zero-order chi connectivity index (χ0) is 13.2. The molecule has 0 aliphatic carbocycles. The molecule has 0 spiro atoms. The summed E-state index contributed by atoms with van der Waals surface area (Å²) in [6.45, 7) is 2.33. The van der Waals surface area contributed by atoms with Gasteiger partial charge in [-0.15, -0.1) is 0 Å². The molecule has 0 aliphatic heterocycles. The summed E-state index contributed by atoms with van der Waals surface area (Å²) in [5, 5.41) is 0.725. The molecule has 1 heterocycles. The molecule has 0 saturated carbocycles. The first-order valence-corrected chi connectivity index (χ1v) is 6.33. The average molecular weight is 274 g/mol. The van der Waals surface area contributed by atoms with Crippen LogP contribution < -0.4 is 4.74 Å². The number of ether oxygens (including phenoxy) is 1. The molecule has 0 fully saturated rings. The monoisotopic (exact) mass is 273 g/mol. The molecule has 0 atom stereocenters. The van der Waals surface area contributed by atoms with Crippen molar-refractivity contribution in [2.24, 2.45) is 0 Å². The van der Waals surface area contributed by atoms with Crippen molar-refractivity contribution in [2.75, 3.05) is 0 Å². The third-order valence-electron chi connectivity index (χ3n) is 2.78. The van der Waals surface area contributed by atoms with Crippen LogP contribution in [0.15, 0.2) is 46.9 Å². The molecular formula is C15H12ClNO2. The van der Waals surface area contributed by atoms with E-state index in [9.17, 15) is 0 Å². The number of aryl methyl sites for hydroxylation is 1. The lowest BCUT2D eigenvalue weighted by Gasteiger charge is -2.05. The van der Waals surface area contributed by atoms with Crippen molar-refractivity contribution in [1.29, 1.82) is 0 Å². The van der Waals surface area contributed by atoms with E-state index in [4.69, 9.17) is 20.8 Å². The molecule has 96 valence electrons. The largest absolute Gasteiger partial charge is 0.489 e. The average Bonchev–Trinajstić information content (AvgIpc) is 2.77.